The summed E-state index contributed by atoms with van der Waals surface area (Å²) in [4.78, 5) is 11.2. The molecule has 0 saturated carbocycles. The predicted octanol–water partition coefficient (Wildman–Crippen LogP) is 1.36. The highest BCUT2D eigenvalue weighted by molar-refractivity contribution is 5.70. The second kappa shape index (κ2) is 8.25. The van der Waals surface area contributed by atoms with Crippen molar-refractivity contribution in [2.75, 3.05) is 13.2 Å². The predicted molar refractivity (Wildman–Crippen MR) is 70.0 cm³/mol. The van der Waals surface area contributed by atoms with Gasteiger partial charge in [0.1, 0.15) is 0 Å². The average Bonchev–Trinajstić information content (AvgIpc) is 2.39. The van der Waals surface area contributed by atoms with Crippen molar-refractivity contribution in [3.05, 3.63) is 35.4 Å². The van der Waals surface area contributed by atoms with Crippen molar-refractivity contribution in [3.8, 4) is 6.07 Å². The van der Waals surface area contributed by atoms with E-state index in [4.69, 9.17) is 20.5 Å². The second-order valence-electron chi connectivity index (χ2n) is 4.09. The van der Waals surface area contributed by atoms with Gasteiger partial charge >= 0.3 is 5.97 Å². The van der Waals surface area contributed by atoms with E-state index in [1.54, 1.807) is 19.1 Å². The van der Waals surface area contributed by atoms with Gasteiger partial charge < -0.3 is 15.2 Å². The number of hydrogen-bond acceptors (Lipinski definition) is 5. The molecule has 0 spiro atoms. The molecule has 1 aromatic rings. The minimum absolute atomic E-state index is 0.154. The number of esters is 1. The Kier molecular flexibility index (Phi) is 6.58. The SMILES string of the molecule is CCOC(=O)CC(N)COCc1ccc(C#N)cc1. The van der Waals surface area contributed by atoms with Crippen molar-refractivity contribution in [2.45, 2.75) is 26.0 Å². The summed E-state index contributed by atoms with van der Waals surface area (Å²) in [6.07, 6.45) is 0.154. The molecule has 0 aromatic heterocycles. The quantitative estimate of drug-likeness (QED) is 0.750. The molecule has 102 valence electrons. The Bertz CT molecular complexity index is 437. The summed E-state index contributed by atoms with van der Waals surface area (Å²) >= 11 is 0. The molecule has 2 N–H and O–H groups in total. The molecule has 5 heteroatoms. The summed E-state index contributed by atoms with van der Waals surface area (Å²) in [5, 5.41) is 8.66. The third kappa shape index (κ3) is 6.00. The molecular formula is C14H18N2O3. The zero-order chi connectivity index (χ0) is 14.1. The molecule has 0 saturated heterocycles. The van der Waals surface area contributed by atoms with Crippen LogP contribution in [0, 0.1) is 11.3 Å². The number of nitriles is 1. The molecule has 0 aliphatic rings. The summed E-state index contributed by atoms with van der Waals surface area (Å²) < 4.78 is 10.2. The molecule has 1 aromatic carbocycles. The zero-order valence-electron chi connectivity index (χ0n) is 11.0. The molecule has 0 amide bonds. The van der Waals surface area contributed by atoms with Crippen LogP contribution in [0.15, 0.2) is 24.3 Å². The summed E-state index contributed by atoms with van der Waals surface area (Å²) in [6.45, 7) is 2.81. The van der Waals surface area contributed by atoms with Crippen molar-refractivity contribution in [1.29, 1.82) is 5.26 Å². The van der Waals surface area contributed by atoms with Gasteiger partial charge in [0.05, 0.1) is 37.9 Å². The zero-order valence-corrected chi connectivity index (χ0v) is 11.0. The van der Waals surface area contributed by atoms with Crippen molar-refractivity contribution in [2.24, 2.45) is 5.73 Å². The number of carbonyl (C=O) groups is 1. The van der Waals surface area contributed by atoms with Crippen molar-refractivity contribution in [1.82, 2.24) is 0 Å². The Morgan fingerprint density at radius 2 is 2.11 bits per heavy atom. The van der Waals surface area contributed by atoms with Gasteiger partial charge in [0.15, 0.2) is 0 Å². The molecule has 1 unspecified atom stereocenters. The third-order valence-corrected chi connectivity index (χ3v) is 2.42. The maximum atomic E-state index is 11.2. The number of carbonyl (C=O) groups excluding carboxylic acids is 1. The first-order valence-corrected chi connectivity index (χ1v) is 6.13. The van der Waals surface area contributed by atoms with Gasteiger partial charge in [-0.25, -0.2) is 0 Å². The highest BCUT2D eigenvalue weighted by Crippen LogP contribution is 2.05. The Morgan fingerprint density at radius 1 is 1.42 bits per heavy atom. The lowest BCUT2D eigenvalue weighted by molar-refractivity contribution is -0.143. The summed E-state index contributed by atoms with van der Waals surface area (Å²) in [5.41, 5.74) is 7.32. The second-order valence-corrected chi connectivity index (χ2v) is 4.09. The lowest BCUT2D eigenvalue weighted by Crippen LogP contribution is -2.29. The first-order valence-electron chi connectivity index (χ1n) is 6.13. The van der Waals surface area contributed by atoms with Crippen LogP contribution in [0.1, 0.15) is 24.5 Å². The Labute approximate surface area is 112 Å². The molecule has 1 atom stereocenters. The molecule has 1 rings (SSSR count). The monoisotopic (exact) mass is 262 g/mol. The topological polar surface area (TPSA) is 85.3 Å². The number of benzene rings is 1. The van der Waals surface area contributed by atoms with E-state index >= 15 is 0 Å². The fourth-order valence-corrected chi connectivity index (χ4v) is 1.50. The van der Waals surface area contributed by atoms with Crippen LogP contribution in [0.5, 0.6) is 0 Å². The number of rotatable bonds is 7. The van der Waals surface area contributed by atoms with E-state index in [2.05, 4.69) is 0 Å². The molecule has 0 aliphatic heterocycles. The maximum Gasteiger partial charge on any atom is 0.307 e. The van der Waals surface area contributed by atoms with Crippen LogP contribution in [-0.2, 0) is 20.9 Å². The van der Waals surface area contributed by atoms with E-state index in [0.29, 0.717) is 25.4 Å². The molecule has 0 fully saturated rings. The van der Waals surface area contributed by atoms with E-state index in [-0.39, 0.29) is 18.4 Å². The van der Waals surface area contributed by atoms with Gasteiger partial charge in [-0.2, -0.15) is 5.26 Å². The first kappa shape index (κ1) is 15.2. The van der Waals surface area contributed by atoms with E-state index in [1.807, 2.05) is 18.2 Å². The molecule has 5 nitrogen and oxygen atoms in total. The number of nitrogens with zero attached hydrogens (tertiary/aromatic N) is 1. The van der Waals surface area contributed by atoms with Gasteiger partial charge in [0.25, 0.3) is 0 Å². The molecule has 0 heterocycles. The van der Waals surface area contributed by atoms with Gasteiger partial charge in [-0.05, 0) is 24.6 Å². The molecule has 19 heavy (non-hydrogen) atoms. The Balaban J connectivity index is 2.25. The van der Waals surface area contributed by atoms with Gasteiger partial charge in [-0.1, -0.05) is 12.1 Å². The Hall–Kier alpha value is -1.90. The highest BCUT2D eigenvalue weighted by atomic mass is 16.5. The van der Waals surface area contributed by atoms with Crippen LogP contribution in [0.25, 0.3) is 0 Å². The normalized spacial score (nSPS) is 11.6. The largest absolute Gasteiger partial charge is 0.466 e. The van der Waals surface area contributed by atoms with Gasteiger partial charge in [0.2, 0.25) is 0 Å². The minimum atomic E-state index is -0.363. The summed E-state index contributed by atoms with van der Waals surface area (Å²) in [5.74, 6) is -0.308. The van der Waals surface area contributed by atoms with Crippen LogP contribution in [-0.4, -0.2) is 25.2 Å². The summed E-state index contributed by atoms with van der Waals surface area (Å²) in [6, 6.07) is 8.81. The van der Waals surface area contributed by atoms with Crippen molar-refractivity contribution < 1.29 is 14.3 Å². The van der Waals surface area contributed by atoms with Crippen LogP contribution >= 0.6 is 0 Å². The van der Waals surface area contributed by atoms with Crippen molar-refractivity contribution in [3.63, 3.8) is 0 Å². The van der Waals surface area contributed by atoms with Crippen LogP contribution in [0.4, 0.5) is 0 Å². The lowest BCUT2D eigenvalue weighted by Gasteiger charge is -2.11. The van der Waals surface area contributed by atoms with E-state index in [9.17, 15) is 4.79 Å². The third-order valence-electron chi connectivity index (χ3n) is 2.42. The van der Waals surface area contributed by atoms with E-state index < -0.39 is 0 Å². The molecule has 0 bridgehead atoms. The number of ether oxygens (including phenoxy) is 2. The fraction of sp³-hybridized carbons (Fsp3) is 0.429. The van der Waals surface area contributed by atoms with Crippen molar-refractivity contribution >= 4 is 5.97 Å². The fourth-order valence-electron chi connectivity index (χ4n) is 1.50. The summed E-state index contributed by atoms with van der Waals surface area (Å²) in [7, 11) is 0. The highest BCUT2D eigenvalue weighted by Gasteiger charge is 2.10. The smallest absolute Gasteiger partial charge is 0.307 e. The van der Waals surface area contributed by atoms with E-state index in [0.717, 1.165) is 5.56 Å². The number of hydrogen-bond donors (Lipinski definition) is 1. The number of nitrogens with two attached hydrogens (primary N) is 1. The first-order chi connectivity index (χ1) is 9.15. The molecular weight excluding hydrogens is 244 g/mol. The van der Waals surface area contributed by atoms with Gasteiger partial charge in [-0.3, -0.25) is 4.79 Å². The molecule has 0 radical (unpaired) electrons. The maximum absolute atomic E-state index is 11.2. The van der Waals surface area contributed by atoms with Crippen LogP contribution < -0.4 is 5.73 Å². The van der Waals surface area contributed by atoms with Crippen LogP contribution in [0.3, 0.4) is 0 Å². The minimum Gasteiger partial charge on any atom is -0.466 e. The van der Waals surface area contributed by atoms with Crippen LogP contribution in [0.2, 0.25) is 0 Å². The van der Waals surface area contributed by atoms with Gasteiger partial charge in [0, 0.05) is 6.04 Å². The van der Waals surface area contributed by atoms with E-state index in [1.165, 1.54) is 0 Å². The standard InChI is InChI=1S/C14H18N2O3/c1-2-19-14(17)7-13(16)10-18-9-12-5-3-11(8-15)4-6-12/h3-6,13H,2,7,9-10,16H2,1H3. The van der Waals surface area contributed by atoms with Gasteiger partial charge in [-0.15, -0.1) is 0 Å². The lowest BCUT2D eigenvalue weighted by atomic mass is 10.1. The average molecular weight is 262 g/mol. The Morgan fingerprint density at radius 3 is 2.68 bits per heavy atom. The molecule has 0 aliphatic carbocycles.